The highest BCUT2D eigenvalue weighted by Gasteiger charge is 2.47. The van der Waals surface area contributed by atoms with Gasteiger partial charge in [0.1, 0.15) is 0 Å². The second kappa shape index (κ2) is 3.55. The second-order valence-corrected chi connectivity index (χ2v) is 4.98. The van der Waals surface area contributed by atoms with E-state index in [2.05, 4.69) is 5.32 Å². The lowest BCUT2D eigenvalue weighted by atomic mass is 9.89. The highest BCUT2D eigenvalue weighted by Crippen LogP contribution is 2.38. The Kier molecular flexibility index (Phi) is 2.53. The number of nitrogens with one attached hydrogen (secondary N) is 1. The van der Waals surface area contributed by atoms with Gasteiger partial charge in [-0.1, -0.05) is 0 Å². The van der Waals surface area contributed by atoms with Gasteiger partial charge in [0, 0.05) is 31.2 Å². The average Bonchev–Trinajstić information content (AvgIpc) is 2.57. The quantitative estimate of drug-likeness (QED) is 0.609. The molecule has 78 valence electrons. The normalized spacial score (nSPS) is 37.6. The molecule has 2 fully saturated rings. The highest BCUT2D eigenvalue weighted by atomic mass is 32.2. The Morgan fingerprint density at radius 1 is 1.50 bits per heavy atom. The van der Waals surface area contributed by atoms with Crippen LogP contribution in [0.3, 0.4) is 0 Å². The zero-order chi connectivity index (χ0) is 10.3. The number of fused-ring (bicyclic) bond motifs is 1. The number of nitrogens with zero attached hydrogens (tertiary/aromatic N) is 1. The molecule has 0 aliphatic carbocycles. The molecular formula is C9H14N2O2S. The number of piperidine rings is 1. The van der Waals surface area contributed by atoms with Crippen LogP contribution in [-0.4, -0.2) is 47.9 Å². The number of hydrogen-bond acceptors (Lipinski definition) is 4. The molecule has 0 radical (unpaired) electrons. The van der Waals surface area contributed by atoms with Crippen molar-refractivity contribution in [2.45, 2.75) is 17.7 Å². The first kappa shape index (κ1) is 9.98. The third-order valence-corrected chi connectivity index (χ3v) is 4.55. The Labute approximate surface area is 87.4 Å². The van der Waals surface area contributed by atoms with E-state index in [-0.39, 0.29) is 23.0 Å². The van der Waals surface area contributed by atoms with Crippen molar-refractivity contribution in [3.05, 3.63) is 0 Å². The van der Waals surface area contributed by atoms with E-state index in [9.17, 15) is 9.59 Å². The van der Waals surface area contributed by atoms with Gasteiger partial charge in [-0.05, 0) is 7.05 Å². The largest absolute Gasteiger partial charge is 0.316 e. The van der Waals surface area contributed by atoms with Gasteiger partial charge in [-0.15, -0.1) is 11.8 Å². The minimum Gasteiger partial charge on any atom is -0.316 e. The fourth-order valence-corrected chi connectivity index (χ4v) is 3.78. The van der Waals surface area contributed by atoms with Crippen LogP contribution in [0.15, 0.2) is 0 Å². The molecule has 2 heterocycles. The first-order chi connectivity index (χ1) is 6.65. The van der Waals surface area contributed by atoms with Crippen molar-refractivity contribution in [2.75, 3.05) is 19.8 Å². The number of hydrogen-bond donors (Lipinski definition) is 1. The van der Waals surface area contributed by atoms with Gasteiger partial charge in [-0.2, -0.15) is 0 Å². The van der Waals surface area contributed by atoms with Crippen molar-refractivity contribution >= 4 is 23.6 Å². The fraction of sp³-hybridized carbons (Fsp3) is 0.778. The summed E-state index contributed by atoms with van der Waals surface area (Å²) >= 11 is 1.67. The molecule has 0 aromatic rings. The van der Waals surface area contributed by atoms with Crippen LogP contribution >= 0.6 is 11.8 Å². The van der Waals surface area contributed by atoms with Gasteiger partial charge in [0.15, 0.2) is 0 Å². The molecule has 2 rings (SSSR count). The maximum atomic E-state index is 11.7. The lowest BCUT2D eigenvalue weighted by molar-refractivity contribution is -0.147. The van der Waals surface area contributed by atoms with Gasteiger partial charge in [0.25, 0.3) is 0 Å². The molecule has 2 amide bonds. The zero-order valence-corrected chi connectivity index (χ0v) is 9.13. The lowest BCUT2D eigenvalue weighted by Crippen LogP contribution is -2.50. The third kappa shape index (κ3) is 1.35. The lowest BCUT2D eigenvalue weighted by Gasteiger charge is -2.31. The van der Waals surface area contributed by atoms with E-state index in [1.54, 1.807) is 18.8 Å². The van der Waals surface area contributed by atoms with Crippen LogP contribution in [0.25, 0.3) is 0 Å². The Hall–Kier alpha value is -0.550. The monoisotopic (exact) mass is 214 g/mol. The van der Waals surface area contributed by atoms with Crippen LogP contribution in [0.1, 0.15) is 6.42 Å². The summed E-state index contributed by atoms with van der Waals surface area (Å²) in [5.74, 6) is 1.06. The standard InChI is InChI=1S/C9H14N2O2S/c1-10-6-4-14-8-5(6)3-7(12)11(2)9(8)13/h5-6,8,10H,3-4H2,1-2H3. The minimum atomic E-state index is -0.0426. The molecule has 3 unspecified atom stereocenters. The van der Waals surface area contributed by atoms with E-state index in [1.807, 2.05) is 7.05 Å². The summed E-state index contributed by atoms with van der Waals surface area (Å²) in [7, 11) is 3.47. The van der Waals surface area contributed by atoms with Gasteiger partial charge in [0.2, 0.25) is 11.8 Å². The number of likely N-dealkylation sites (tertiary alicyclic amines) is 1. The summed E-state index contributed by atoms with van der Waals surface area (Å²) in [5, 5.41) is 3.17. The molecule has 0 spiro atoms. The second-order valence-electron chi connectivity index (χ2n) is 3.81. The summed E-state index contributed by atoms with van der Waals surface area (Å²) in [6, 6.07) is 0.312. The first-order valence-electron chi connectivity index (χ1n) is 4.74. The van der Waals surface area contributed by atoms with E-state index in [0.717, 1.165) is 5.75 Å². The molecule has 0 aromatic heterocycles. The average molecular weight is 214 g/mol. The molecule has 0 bridgehead atoms. The summed E-state index contributed by atoms with van der Waals surface area (Å²) < 4.78 is 0. The molecule has 0 saturated carbocycles. The SMILES string of the molecule is CNC1CSC2C(=O)N(C)C(=O)CC12. The van der Waals surface area contributed by atoms with Crippen molar-refractivity contribution in [1.82, 2.24) is 10.2 Å². The summed E-state index contributed by atoms with van der Waals surface area (Å²) in [5.41, 5.74) is 0. The molecule has 2 aliphatic rings. The number of rotatable bonds is 1. The van der Waals surface area contributed by atoms with Crippen LogP contribution < -0.4 is 5.32 Å². The van der Waals surface area contributed by atoms with E-state index < -0.39 is 0 Å². The molecule has 0 aromatic carbocycles. The minimum absolute atomic E-state index is 0.00449. The number of carbonyl (C=O) groups excluding carboxylic acids is 2. The molecule has 14 heavy (non-hydrogen) atoms. The van der Waals surface area contributed by atoms with Gasteiger partial charge in [0.05, 0.1) is 5.25 Å². The molecule has 3 atom stereocenters. The molecule has 2 saturated heterocycles. The molecule has 2 aliphatic heterocycles. The molecule has 1 N–H and O–H groups in total. The van der Waals surface area contributed by atoms with Crippen LogP contribution in [-0.2, 0) is 9.59 Å². The van der Waals surface area contributed by atoms with Crippen molar-refractivity contribution in [3.8, 4) is 0 Å². The van der Waals surface area contributed by atoms with Crippen molar-refractivity contribution in [2.24, 2.45) is 5.92 Å². The van der Waals surface area contributed by atoms with Crippen LogP contribution in [0, 0.1) is 5.92 Å². The number of imide groups is 1. The Morgan fingerprint density at radius 2 is 2.21 bits per heavy atom. The Bertz CT molecular complexity index is 282. The third-order valence-electron chi connectivity index (χ3n) is 3.09. The molecule has 5 heteroatoms. The zero-order valence-electron chi connectivity index (χ0n) is 8.32. The van der Waals surface area contributed by atoms with Crippen molar-refractivity contribution < 1.29 is 9.59 Å². The van der Waals surface area contributed by atoms with Gasteiger partial charge in [-0.25, -0.2) is 0 Å². The van der Waals surface area contributed by atoms with Crippen LogP contribution in [0.2, 0.25) is 0 Å². The summed E-state index contributed by atoms with van der Waals surface area (Å²) in [6.45, 7) is 0. The number of carbonyl (C=O) groups is 2. The fourth-order valence-electron chi connectivity index (χ4n) is 2.12. The van der Waals surface area contributed by atoms with E-state index >= 15 is 0 Å². The summed E-state index contributed by atoms with van der Waals surface area (Å²) in [6.07, 6.45) is 0.505. The van der Waals surface area contributed by atoms with Crippen molar-refractivity contribution in [1.29, 1.82) is 0 Å². The Balaban J connectivity index is 2.20. The molecule has 4 nitrogen and oxygen atoms in total. The van der Waals surface area contributed by atoms with Gasteiger partial charge >= 0.3 is 0 Å². The van der Waals surface area contributed by atoms with Gasteiger partial charge < -0.3 is 5.32 Å². The predicted octanol–water partition coefficient (Wildman–Crippen LogP) is -0.305. The maximum Gasteiger partial charge on any atom is 0.242 e. The number of amides is 2. The van der Waals surface area contributed by atoms with E-state index in [1.165, 1.54) is 4.90 Å². The first-order valence-corrected chi connectivity index (χ1v) is 5.79. The van der Waals surface area contributed by atoms with E-state index in [4.69, 9.17) is 0 Å². The smallest absolute Gasteiger partial charge is 0.242 e. The summed E-state index contributed by atoms with van der Waals surface area (Å²) in [4.78, 5) is 24.5. The maximum absolute atomic E-state index is 11.7. The van der Waals surface area contributed by atoms with E-state index in [0.29, 0.717) is 12.5 Å². The van der Waals surface area contributed by atoms with Crippen LogP contribution in [0.4, 0.5) is 0 Å². The highest BCUT2D eigenvalue weighted by molar-refractivity contribution is 8.01. The van der Waals surface area contributed by atoms with Crippen LogP contribution in [0.5, 0.6) is 0 Å². The molecular weight excluding hydrogens is 200 g/mol. The van der Waals surface area contributed by atoms with Gasteiger partial charge in [-0.3, -0.25) is 14.5 Å². The Morgan fingerprint density at radius 3 is 2.86 bits per heavy atom. The number of thioether (sulfide) groups is 1. The topological polar surface area (TPSA) is 49.4 Å². The van der Waals surface area contributed by atoms with Crippen molar-refractivity contribution in [3.63, 3.8) is 0 Å². The predicted molar refractivity (Wildman–Crippen MR) is 55.0 cm³/mol.